The molecule has 0 atom stereocenters. The van der Waals surface area contributed by atoms with E-state index >= 15 is 0 Å². The Kier molecular flexibility index (Phi) is 10.0. The third-order valence-electron chi connectivity index (χ3n) is 5.81. The van der Waals surface area contributed by atoms with E-state index in [0.717, 1.165) is 49.4 Å². The van der Waals surface area contributed by atoms with E-state index < -0.39 is 11.9 Å². The first-order valence-corrected chi connectivity index (χ1v) is 11.7. The van der Waals surface area contributed by atoms with E-state index in [9.17, 15) is 4.79 Å². The Labute approximate surface area is 209 Å². The number of piperidine rings is 1. The molecular weight excluding hydrogens is 460 g/mol. The Morgan fingerprint density at radius 3 is 2.28 bits per heavy atom. The predicted octanol–water partition coefficient (Wildman–Crippen LogP) is 4.03. The minimum Gasteiger partial charge on any atom is -0.488 e. The van der Waals surface area contributed by atoms with Crippen LogP contribution in [-0.2, 0) is 22.7 Å². The van der Waals surface area contributed by atoms with Crippen LogP contribution in [-0.4, -0.2) is 45.1 Å². The van der Waals surface area contributed by atoms with Gasteiger partial charge in [-0.2, -0.15) is 0 Å². The molecule has 1 saturated heterocycles. The van der Waals surface area contributed by atoms with Gasteiger partial charge in [0.25, 0.3) is 5.56 Å². The average Bonchev–Trinajstić information content (AvgIpc) is 2.90. The van der Waals surface area contributed by atoms with Gasteiger partial charge in [-0.25, -0.2) is 9.59 Å². The fraction of sp³-hybridized carbons (Fsp3) is 0.250. The number of hydrogen-bond donors (Lipinski definition) is 3. The van der Waals surface area contributed by atoms with Gasteiger partial charge in [-0.15, -0.1) is 0 Å². The summed E-state index contributed by atoms with van der Waals surface area (Å²) >= 11 is 0. The third kappa shape index (κ3) is 8.56. The average molecular weight is 491 g/mol. The Morgan fingerprint density at radius 2 is 1.61 bits per heavy atom. The van der Waals surface area contributed by atoms with Gasteiger partial charge in [0.15, 0.2) is 0 Å². The zero-order valence-electron chi connectivity index (χ0n) is 19.9. The maximum absolute atomic E-state index is 11.9. The van der Waals surface area contributed by atoms with Gasteiger partial charge in [0.2, 0.25) is 0 Å². The van der Waals surface area contributed by atoms with Crippen LogP contribution < -0.4 is 10.3 Å². The molecule has 0 saturated carbocycles. The highest BCUT2D eigenvalue weighted by Crippen LogP contribution is 2.24. The van der Waals surface area contributed by atoms with Crippen molar-refractivity contribution in [3.8, 4) is 5.75 Å². The van der Waals surface area contributed by atoms with Gasteiger partial charge in [-0.05, 0) is 49.5 Å². The van der Waals surface area contributed by atoms with Crippen LogP contribution in [0.3, 0.4) is 0 Å². The number of aliphatic carboxylic acids is 2. The summed E-state index contributed by atoms with van der Waals surface area (Å²) < 4.78 is 6.07. The summed E-state index contributed by atoms with van der Waals surface area (Å²) in [5.74, 6) is -2.18. The van der Waals surface area contributed by atoms with Crippen molar-refractivity contribution in [1.82, 2.24) is 9.88 Å². The van der Waals surface area contributed by atoms with E-state index in [0.29, 0.717) is 12.5 Å². The number of benzene rings is 2. The van der Waals surface area contributed by atoms with Crippen molar-refractivity contribution in [2.45, 2.75) is 26.0 Å². The van der Waals surface area contributed by atoms with Crippen molar-refractivity contribution in [2.24, 2.45) is 5.92 Å². The molecule has 0 spiro atoms. The van der Waals surface area contributed by atoms with E-state index in [1.165, 1.54) is 5.56 Å². The topological polar surface area (TPSA) is 120 Å². The van der Waals surface area contributed by atoms with Crippen LogP contribution in [0.5, 0.6) is 5.75 Å². The van der Waals surface area contributed by atoms with Crippen molar-refractivity contribution in [3.05, 3.63) is 106 Å². The summed E-state index contributed by atoms with van der Waals surface area (Å²) in [5, 5.41) is 14.8. The smallest absolute Gasteiger partial charge is 0.414 e. The number of likely N-dealkylation sites (tertiary alicyclic amines) is 1. The number of aromatic amines is 1. The van der Waals surface area contributed by atoms with Crippen molar-refractivity contribution in [3.63, 3.8) is 0 Å². The second kappa shape index (κ2) is 13.7. The summed E-state index contributed by atoms with van der Waals surface area (Å²) in [7, 11) is 0. The van der Waals surface area contributed by atoms with Crippen molar-refractivity contribution >= 4 is 18.0 Å². The SMILES string of the molecule is O=C(O)C(=O)O.O=c1[nH]cccc1CN1CCC(C=Cc2ccccc2OCc2ccccc2)CC1. The van der Waals surface area contributed by atoms with Gasteiger partial charge in [0.1, 0.15) is 12.4 Å². The maximum atomic E-state index is 11.9. The molecule has 4 rings (SSSR count). The fourth-order valence-corrected chi connectivity index (χ4v) is 3.85. The van der Waals surface area contributed by atoms with Gasteiger partial charge in [-0.3, -0.25) is 9.69 Å². The number of pyridine rings is 1. The Morgan fingerprint density at radius 1 is 0.944 bits per heavy atom. The molecule has 3 N–H and O–H groups in total. The first kappa shape index (κ1) is 26.4. The van der Waals surface area contributed by atoms with Crippen LogP contribution >= 0.6 is 0 Å². The van der Waals surface area contributed by atoms with Crippen LogP contribution in [0.1, 0.15) is 29.5 Å². The van der Waals surface area contributed by atoms with E-state index in [-0.39, 0.29) is 5.56 Å². The molecule has 188 valence electrons. The Hall–Kier alpha value is -4.17. The molecule has 3 aromatic rings. The first-order valence-electron chi connectivity index (χ1n) is 11.7. The largest absolute Gasteiger partial charge is 0.488 e. The van der Waals surface area contributed by atoms with E-state index in [1.54, 1.807) is 6.20 Å². The summed E-state index contributed by atoms with van der Waals surface area (Å²) in [6, 6.07) is 22.2. The molecule has 0 unspecified atom stereocenters. The number of aromatic nitrogens is 1. The molecule has 36 heavy (non-hydrogen) atoms. The number of hydrogen-bond acceptors (Lipinski definition) is 5. The number of carboxylic acids is 2. The molecule has 0 amide bonds. The number of ether oxygens (including phenoxy) is 1. The summed E-state index contributed by atoms with van der Waals surface area (Å²) in [6.45, 7) is 3.32. The highest BCUT2D eigenvalue weighted by molar-refractivity contribution is 6.27. The lowest BCUT2D eigenvalue weighted by Crippen LogP contribution is -2.34. The minimum atomic E-state index is -1.82. The number of allylic oxidation sites excluding steroid dienone is 1. The number of nitrogens with one attached hydrogen (secondary N) is 1. The van der Waals surface area contributed by atoms with Crippen molar-refractivity contribution < 1.29 is 24.5 Å². The number of rotatable bonds is 7. The molecule has 0 radical (unpaired) electrons. The highest BCUT2D eigenvalue weighted by atomic mass is 16.5. The van der Waals surface area contributed by atoms with Crippen LogP contribution in [0.15, 0.2) is 83.8 Å². The van der Waals surface area contributed by atoms with Crippen molar-refractivity contribution in [2.75, 3.05) is 13.1 Å². The zero-order valence-corrected chi connectivity index (χ0v) is 19.9. The molecule has 2 heterocycles. The zero-order chi connectivity index (χ0) is 25.8. The lowest BCUT2D eigenvalue weighted by Gasteiger charge is -2.30. The molecule has 1 aliphatic heterocycles. The van der Waals surface area contributed by atoms with Crippen LogP contribution in [0.25, 0.3) is 6.08 Å². The van der Waals surface area contributed by atoms with Gasteiger partial charge in [0, 0.05) is 23.9 Å². The van der Waals surface area contributed by atoms with Crippen molar-refractivity contribution in [1.29, 1.82) is 0 Å². The number of nitrogens with zero attached hydrogens (tertiary/aromatic N) is 1. The van der Waals surface area contributed by atoms with E-state index in [2.05, 4.69) is 46.3 Å². The molecular formula is C28H30N2O6. The normalized spacial score (nSPS) is 14.1. The van der Waals surface area contributed by atoms with Gasteiger partial charge in [-0.1, -0.05) is 66.7 Å². The number of carbonyl (C=O) groups is 2. The summed E-state index contributed by atoms with van der Waals surface area (Å²) in [4.78, 5) is 35.2. The number of para-hydroxylation sites is 1. The second-order valence-electron chi connectivity index (χ2n) is 8.42. The quantitative estimate of drug-likeness (QED) is 0.428. The van der Waals surface area contributed by atoms with Gasteiger partial charge in [0.05, 0.1) is 0 Å². The predicted molar refractivity (Wildman–Crippen MR) is 137 cm³/mol. The maximum Gasteiger partial charge on any atom is 0.414 e. The molecule has 2 aromatic carbocycles. The third-order valence-corrected chi connectivity index (χ3v) is 5.81. The van der Waals surface area contributed by atoms with Crippen LogP contribution in [0.4, 0.5) is 0 Å². The Balaban J connectivity index is 0.000000538. The van der Waals surface area contributed by atoms with Crippen LogP contribution in [0.2, 0.25) is 0 Å². The van der Waals surface area contributed by atoms with Gasteiger partial charge < -0.3 is 19.9 Å². The lowest BCUT2D eigenvalue weighted by molar-refractivity contribution is -0.159. The fourth-order valence-electron chi connectivity index (χ4n) is 3.85. The first-order chi connectivity index (χ1) is 17.4. The molecule has 8 nitrogen and oxygen atoms in total. The minimum absolute atomic E-state index is 0.0200. The Bertz CT molecular complexity index is 1200. The highest BCUT2D eigenvalue weighted by Gasteiger charge is 2.18. The molecule has 8 heteroatoms. The van der Waals surface area contributed by atoms with E-state index in [4.69, 9.17) is 24.5 Å². The van der Waals surface area contributed by atoms with Gasteiger partial charge >= 0.3 is 11.9 Å². The lowest BCUT2D eigenvalue weighted by atomic mass is 9.95. The molecule has 0 bridgehead atoms. The monoisotopic (exact) mass is 490 g/mol. The molecule has 0 aliphatic carbocycles. The molecule has 1 fully saturated rings. The second-order valence-corrected chi connectivity index (χ2v) is 8.42. The molecule has 1 aliphatic rings. The summed E-state index contributed by atoms with van der Waals surface area (Å²) in [5.41, 5.74) is 3.15. The van der Waals surface area contributed by atoms with Crippen LogP contribution in [0, 0.1) is 5.92 Å². The number of carboxylic acid groups (broad SMARTS) is 2. The number of H-pyrrole nitrogens is 1. The summed E-state index contributed by atoms with van der Waals surface area (Å²) in [6.07, 6.45) is 8.41. The van der Waals surface area contributed by atoms with E-state index in [1.807, 2.05) is 42.5 Å². The standard InChI is InChI=1S/C26H28N2O2.C2H2O4/c29-26-24(10-6-16-27-26)19-28-17-14-21(15-18-28)12-13-23-9-4-5-11-25(23)30-20-22-7-2-1-3-8-22;3-1(4)2(5)6/h1-13,16,21H,14-15,17-20H2,(H,27,29);(H,3,4)(H,5,6). The molecule has 1 aromatic heterocycles.